The summed E-state index contributed by atoms with van der Waals surface area (Å²) < 4.78 is 7.38. The molecule has 2 fully saturated rings. The van der Waals surface area contributed by atoms with Crippen molar-refractivity contribution in [2.24, 2.45) is 5.92 Å². The number of anilines is 2. The van der Waals surface area contributed by atoms with Gasteiger partial charge in [0.2, 0.25) is 0 Å². The van der Waals surface area contributed by atoms with Crippen molar-refractivity contribution in [2.75, 3.05) is 49.6 Å². The van der Waals surface area contributed by atoms with Crippen LogP contribution in [0.4, 0.5) is 11.4 Å². The van der Waals surface area contributed by atoms with Crippen LogP contribution in [0.15, 0.2) is 67.0 Å². The van der Waals surface area contributed by atoms with Gasteiger partial charge in [0.15, 0.2) is 0 Å². The van der Waals surface area contributed by atoms with Crippen LogP contribution >= 0.6 is 11.6 Å². The average Bonchev–Trinajstić information content (AvgIpc) is 3.40. The van der Waals surface area contributed by atoms with E-state index in [4.69, 9.17) is 16.3 Å². The number of aromatic nitrogens is 1. The van der Waals surface area contributed by atoms with E-state index in [0.29, 0.717) is 17.1 Å². The topological polar surface area (TPSA) is 105 Å². The number of carbonyl (C=O) groups excluding carboxylic acids is 1. The van der Waals surface area contributed by atoms with Crippen LogP contribution in [0.25, 0.3) is 5.69 Å². The number of carbonyl (C=O) groups is 1. The SMILES string of the molecule is N#CC1CN(c2ccccc2NC(=O)c2ccn(-c3ccc(Cl)cc3)c2)CCC1N1CCOCC1.O. The number of amides is 1. The predicted molar refractivity (Wildman–Crippen MR) is 141 cm³/mol. The van der Waals surface area contributed by atoms with E-state index in [-0.39, 0.29) is 23.3 Å². The van der Waals surface area contributed by atoms with Crippen LogP contribution in [0.5, 0.6) is 0 Å². The summed E-state index contributed by atoms with van der Waals surface area (Å²) in [5.41, 5.74) is 3.19. The Balaban J connectivity index is 0.00000304. The van der Waals surface area contributed by atoms with Gasteiger partial charge >= 0.3 is 0 Å². The fourth-order valence-electron chi connectivity index (χ4n) is 4.99. The van der Waals surface area contributed by atoms with Crippen molar-refractivity contribution >= 4 is 28.9 Å². The smallest absolute Gasteiger partial charge is 0.257 e. The zero-order valence-electron chi connectivity index (χ0n) is 19.9. The van der Waals surface area contributed by atoms with Crippen molar-refractivity contribution in [2.45, 2.75) is 12.5 Å². The van der Waals surface area contributed by atoms with E-state index in [1.165, 1.54) is 0 Å². The molecule has 2 saturated heterocycles. The Morgan fingerprint density at radius 2 is 1.81 bits per heavy atom. The van der Waals surface area contributed by atoms with Gasteiger partial charge < -0.3 is 25.0 Å². The molecule has 1 amide bonds. The summed E-state index contributed by atoms with van der Waals surface area (Å²) >= 11 is 5.99. The number of para-hydroxylation sites is 2. The van der Waals surface area contributed by atoms with E-state index in [1.807, 2.05) is 59.3 Å². The van der Waals surface area contributed by atoms with Crippen molar-refractivity contribution in [3.05, 3.63) is 77.6 Å². The van der Waals surface area contributed by atoms with Crippen LogP contribution in [-0.4, -0.2) is 66.3 Å². The van der Waals surface area contributed by atoms with Crippen LogP contribution in [0.1, 0.15) is 16.8 Å². The number of halogens is 1. The quantitative estimate of drug-likeness (QED) is 0.568. The fourth-order valence-corrected chi connectivity index (χ4v) is 5.11. The molecule has 9 heteroatoms. The lowest BCUT2D eigenvalue weighted by Crippen LogP contribution is -2.53. The Bertz CT molecular complexity index is 1220. The lowest BCUT2D eigenvalue weighted by molar-refractivity contribution is 0.00403. The second kappa shape index (κ2) is 11.6. The first-order valence-corrected chi connectivity index (χ1v) is 12.3. The van der Waals surface area contributed by atoms with Crippen LogP contribution in [0.2, 0.25) is 5.02 Å². The molecule has 5 rings (SSSR count). The summed E-state index contributed by atoms with van der Waals surface area (Å²) in [7, 11) is 0. The lowest BCUT2D eigenvalue weighted by atomic mass is 9.91. The van der Waals surface area contributed by atoms with Crippen molar-refractivity contribution in [3.8, 4) is 11.8 Å². The van der Waals surface area contributed by atoms with Gasteiger partial charge in [-0.2, -0.15) is 5.26 Å². The Morgan fingerprint density at radius 1 is 1.06 bits per heavy atom. The lowest BCUT2D eigenvalue weighted by Gasteiger charge is -2.43. The number of nitriles is 1. The fraction of sp³-hybridized carbons (Fsp3) is 0.333. The highest BCUT2D eigenvalue weighted by molar-refractivity contribution is 6.30. The molecule has 3 aromatic rings. The molecule has 188 valence electrons. The van der Waals surface area contributed by atoms with Gasteiger partial charge in [-0.15, -0.1) is 0 Å². The van der Waals surface area contributed by atoms with Crippen LogP contribution in [-0.2, 0) is 4.74 Å². The number of rotatable bonds is 5. The third-order valence-corrected chi connectivity index (χ3v) is 7.08. The summed E-state index contributed by atoms with van der Waals surface area (Å²) in [4.78, 5) is 17.7. The normalized spacial score (nSPS) is 20.3. The Kier molecular flexibility index (Phi) is 8.28. The maximum Gasteiger partial charge on any atom is 0.257 e. The minimum Gasteiger partial charge on any atom is -0.412 e. The van der Waals surface area contributed by atoms with Crippen LogP contribution in [0.3, 0.4) is 0 Å². The first-order chi connectivity index (χ1) is 17.1. The summed E-state index contributed by atoms with van der Waals surface area (Å²) in [5.74, 6) is -0.274. The largest absolute Gasteiger partial charge is 0.412 e. The van der Waals surface area contributed by atoms with Gasteiger partial charge in [0.25, 0.3) is 5.91 Å². The molecule has 2 aromatic carbocycles. The third kappa shape index (κ3) is 5.55. The highest BCUT2D eigenvalue weighted by Crippen LogP contribution is 2.32. The zero-order chi connectivity index (χ0) is 24.2. The number of morpholine rings is 1. The maximum atomic E-state index is 13.1. The molecule has 0 spiro atoms. The zero-order valence-corrected chi connectivity index (χ0v) is 20.7. The molecule has 3 heterocycles. The van der Waals surface area contributed by atoms with Crippen molar-refractivity contribution < 1.29 is 15.0 Å². The molecule has 0 radical (unpaired) electrons. The molecule has 1 aromatic heterocycles. The third-order valence-electron chi connectivity index (χ3n) is 6.83. The van der Waals surface area contributed by atoms with Gasteiger partial charge in [-0.05, 0) is 48.9 Å². The van der Waals surface area contributed by atoms with E-state index in [1.54, 1.807) is 12.3 Å². The molecule has 2 aliphatic rings. The highest BCUT2D eigenvalue weighted by Gasteiger charge is 2.34. The van der Waals surface area contributed by atoms with Gasteiger partial charge in [-0.25, -0.2) is 0 Å². The Labute approximate surface area is 215 Å². The second-order valence-corrected chi connectivity index (χ2v) is 9.38. The predicted octanol–water partition coefficient (Wildman–Crippen LogP) is 3.61. The number of ether oxygens (including phenoxy) is 1. The number of piperidine rings is 1. The van der Waals surface area contributed by atoms with E-state index in [9.17, 15) is 10.1 Å². The molecule has 2 aliphatic heterocycles. The number of nitrogens with one attached hydrogen (secondary N) is 1. The van der Waals surface area contributed by atoms with E-state index in [0.717, 1.165) is 56.3 Å². The van der Waals surface area contributed by atoms with Crippen LogP contribution < -0.4 is 10.2 Å². The first-order valence-electron chi connectivity index (χ1n) is 11.9. The van der Waals surface area contributed by atoms with Crippen molar-refractivity contribution in [1.82, 2.24) is 9.47 Å². The van der Waals surface area contributed by atoms with Crippen molar-refractivity contribution in [3.63, 3.8) is 0 Å². The molecule has 3 N–H and O–H groups in total. The molecule has 8 nitrogen and oxygen atoms in total. The molecule has 0 bridgehead atoms. The van der Waals surface area contributed by atoms with Gasteiger partial charge in [0.05, 0.1) is 42.1 Å². The standard InChI is InChI=1S/C27H28ClN5O2.H2O/c28-22-5-7-23(8-6-22)32-11-9-20(18-32)27(34)30-24-3-1-2-4-26(24)33-12-10-25(21(17-29)19-33)31-13-15-35-16-14-31;/h1-9,11,18,21,25H,10,12-16,19H2,(H,30,34);1H2. The average molecular weight is 508 g/mol. The number of nitrogens with zero attached hydrogens (tertiary/aromatic N) is 4. The van der Waals surface area contributed by atoms with Gasteiger partial charge in [0, 0.05) is 55.3 Å². The maximum absolute atomic E-state index is 13.1. The summed E-state index contributed by atoms with van der Waals surface area (Å²) in [6.45, 7) is 4.69. The number of hydrogen-bond donors (Lipinski definition) is 1. The summed E-state index contributed by atoms with van der Waals surface area (Å²) in [6.07, 6.45) is 4.57. The molecule has 2 atom stereocenters. The van der Waals surface area contributed by atoms with E-state index >= 15 is 0 Å². The van der Waals surface area contributed by atoms with Gasteiger partial charge in [0.1, 0.15) is 0 Å². The molecular weight excluding hydrogens is 478 g/mol. The molecular formula is C27H30ClN5O3. The summed E-state index contributed by atoms with van der Waals surface area (Å²) in [6, 6.07) is 19.9. The Morgan fingerprint density at radius 3 is 2.56 bits per heavy atom. The highest BCUT2D eigenvalue weighted by atomic mass is 35.5. The number of benzene rings is 2. The monoisotopic (exact) mass is 507 g/mol. The van der Waals surface area contributed by atoms with Gasteiger partial charge in [-0.3, -0.25) is 9.69 Å². The molecule has 2 unspecified atom stereocenters. The van der Waals surface area contributed by atoms with Gasteiger partial charge in [-0.1, -0.05) is 23.7 Å². The molecule has 36 heavy (non-hydrogen) atoms. The molecule has 0 aliphatic carbocycles. The second-order valence-electron chi connectivity index (χ2n) is 8.94. The van der Waals surface area contributed by atoms with Crippen molar-refractivity contribution in [1.29, 1.82) is 5.26 Å². The summed E-state index contributed by atoms with van der Waals surface area (Å²) in [5, 5.41) is 13.7. The minimum absolute atomic E-state index is 0. The Hall–Kier alpha value is -3.35. The minimum atomic E-state index is -0.176. The first kappa shape index (κ1) is 25.7. The number of hydrogen-bond acceptors (Lipinski definition) is 5. The van der Waals surface area contributed by atoms with E-state index < -0.39 is 0 Å². The van der Waals surface area contributed by atoms with Crippen LogP contribution in [0, 0.1) is 17.2 Å². The van der Waals surface area contributed by atoms with E-state index in [2.05, 4.69) is 21.2 Å². The molecule has 0 saturated carbocycles.